The van der Waals surface area contributed by atoms with E-state index in [0.717, 1.165) is 18.2 Å². The first-order chi connectivity index (χ1) is 5.86. The quantitative estimate of drug-likeness (QED) is 0.693. The van der Waals surface area contributed by atoms with Gasteiger partial charge < -0.3 is 4.74 Å². The summed E-state index contributed by atoms with van der Waals surface area (Å²) in [5, 5.41) is 1.49. The zero-order valence-corrected chi connectivity index (χ0v) is 7.81. The molecule has 3 nitrogen and oxygen atoms in total. The van der Waals surface area contributed by atoms with Crippen molar-refractivity contribution in [1.82, 2.24) is 9.36 Å². The van der Waals surface area contributed by atoms with Crippen molar-refractivity contribution >= 4 is 23.1 Å². The topological polar surface area (TPSA) is 35.0 Å². The Kier molecular flexibility index (Phi) is 1.45. The molecule has 1 aliphatic carbocycles. The summed E-state index contributed by atoms with van der Waals surface area (Å²) in [6.45, 7) is 1.79. The third-order valence-electron chi connectivity index (χ3n) is 2.65. The van der Waals surface area contributed by atoms with E-state index < -0.39 is 0 Å². The average Bonchev–Trinajstić information content (AvgIpc) is 2.55. The molecular formula is C7H7ClN2OS. The summed E-state index contributed by atoms with van der Waals surface area (Å²) in [5.41, 5.74) is 0. The van der Waals surface area contributed by atoms with Crippen LogP contribution < -0.4 is 0 Å². The summed E-state index contributed by atoms with van der Waals surface area (Å²) >= 11 is 7.07. The number of hydrogen-bond acceptors (Lipinski definition) is 4. The van der Waals surface area contributed by atoms with Crippen LogP contribution in [0.1, 0.15) is 10.9 Å². The molecular weight excluding hydrogens is 196 g/mol. The Hall–Kier alpha value is -0.190. The minimum Gasteiger partial charge on any atom is -0.381 e. The predicted octanol–water partition coefficient (Wildman–Crippen LogP) is 1.55. The lowest BCUT2D eigenvalue weighted by atomic mass is 10.3. The molecule has 2 fully saturated rings. The first kappa shape index (κ1) is 7.24. The Morgan fingerprint density at radius 2 is 2.17 bits per heavy atom. The number of fused-ring (bicyclic) bond motifs is 1. The highest BCUT2D eigenvalue weighted by Gasteiger charge is 2.56. The SMILES string of the molecule is Clc1nsc(C2C3COCC32)n1. The van der Waals surface area contributed by atoms with E-state index in [0.29, 0.717) is 23.0 Å². The molecule has 1 aromatic heterocycles. The molecule has 12 heavy (non-hydrogen) atoms. The van der Waals surface area contributed by atoms with E-state index in [9.17, 15) is 0 Å². The van der Waals surface area contributed by atoms with Crippen molar-refractivity contribution < 1.29 is 4.74 Å². The van der Waals surface area contributed by atoms with E-state index >= 15 is 0 Å². The van der Waals surface area contributed by atoms with Crippen LogP contribution >= 0.6 is 23.1 Å². The summed E-state index contributed by atoms with van der Waals surface area (Å²) in [7, 11) is 0. The molecule has 0 spiro atoms. The largest absolute Gasteiger partial charge is 0.381 e. The van der Waals surface area contributed by atoms with Crippen molar-refractivity contribution in [3.8, 4) is 0 Å². The van der Waals surface area contributed by atoms with Gasteiger partial charge in [0.05, 0.1) is 13.2 Å². The van der Waals surface area contributed by atoms with Gasteiger partial charge in [-0.2, -0.15) is 4.37 Å². The summed E-state index contributed by atoms with van der Waals surface area (Å²) in [6, 6.07) is 0. The van der Waals surface area contributed by atoms with Crippen LogP contribution in [0.5, 0.6) is 0 Å². The maximum atomic E-state index is 5.65. The Morgan fingerprint density at radius 1 is 1.42 bits per heavy atom. The minimum atomic E-state index is 0.390. The molecule has 64 valence electrons. The van der Waals surface area contributed by atoms with Crippen LogP contribution in [0.2, 0.25) is 5.28 Å². The second-order valence-corrected chi connectivity index (χ2v) is 4.41. The molecule has 2 aliphatic rings. The fourth-order valence-electron chi connectivity index (χ4n) is 1.96. The third kappa shape index (κ3) is 0.917. The van der Waals surface area contributed by atoms with Crippen LogP contribution in [0.15, 0.2) is 0 Å². The van der Waals surface area contributed by atoms with Gasteiger partial charge in [0.2, 0.25) is 5.28 Å². The van der Waals surface area contributed by atoms with Gasteiger partial charge in [-0.1, -0.05) is 0 Å². The molecule has 0 aromatic carbocycles. The zero-order chi connectivity index (χ0) is 8.13. The van der Waals surface area contributed by atoms with Gasteiger partial charge in [0.15, 0.2) is 0 Å². The molecule has 1 aliphatic heterocycles. The summed E-state index contributed by atoms with van der Waals surface area (Å²) < 4.78 is 9.25. The van der Waals surface area contributed by atoms with Crippen molar-refractivity contribution in [3.05, 3.63) is 10.3 Å². The predicted molar refractivity (Wildman–Crippen MR) is 45.5 cm³/mol. The number of ether oxygens (including phenoxy) is 1. The van der Waals surface area contributed by atoms with E-state index in [1.807, 2.05) is 0 Å². The smallest absolute Gasteiger partial charge is 0.234 e. The lowest BCUT2D eigenvalue weighted by molar-refractivity contribution is 0.160. The standard InChI is InChI=1S/C7H7ClN2OS/c8-7-9-6(12-10-7)5-3-1-11-2-4(3)5/h3-5H,1-2H2. The molecule has 1 saturated heterocycles. The van der Waals surface area contributed by atoms with Crippen LogP contribution in [-0.4, -0.2) is 22.6 Å². The fourth-order valence-corrected chi connectivity index (χ4v) is 3.01. The van der Waals surface area contributed by atoms with Gasteiger partial charge in [-0.15, -0.1) is 0 Å². The first-order valence-corrected chi connectivity index (χ1v) is 5.08. The maximum Gasteiger partial charge on any atom is 0.234 e. The number of aromatic nitrogens is 2. The summed E-state index contributed by atoms with van der Waals surface area (Å²) in [5.74, 6) is 2.01. The lowest BCUT2D eigenvalue weighted by Crippen LogP contribution is -1.96. The van der Waals surface area contributed by atoms with Gasteiger partial charge in [0.1, 0.15) is 5.01 Å². The highest BCUT2D eigenvalue weighted by molar-refractivity contribution is 7.05. The van der Waals surface area contributed by atoms with Gasteiger partial charge in [-0.3, -0.25) is 0 Å². The van der Waals surface area contributed by atoms with Gasteiger partial charge >= 0.3 is 0 Å². The van der Waals surface area contributed by atoms with E-state index in [4.69, 9.17) is 16.3 Å². The number of rotatable bonds is 1. The van der Waals surface area contributed by atoms with Crippen LogP contribution in [0, 0.1) is 11.8 Å². The maximum absolute atomic E-state index is 5.65. The van der Waals surface area contributed by atoms with Gasteiger partial charge in [-0.25, -0.2) is 4.98 Å². The molecule has 2 atom stereocenters. The third-order valence-corrected chi connectivity index (χ3v) is 3.74. The average molecular weight is 203 g/mol. The molecule has 1 aromatic rings. The molecule has 5 heteroatoms. The molecule has 2 heterocycles. The molecule has 0 bridgehead atoms. The molecule has 2 unspecified atom stereocenters. The normalized spacial score (nSPS) is 38.2. The minimum absolute atomic E-state index is 0.390. The van der Waals surface area contributed by atoms with Gasteiger partial charge in [-0.05, 0) is 35.0 Å². The zero-order valence-electron chi connectivity index (χ0n) is 6.24. The number of halogens is 1. The van der Waals surface area contributed by atoms with Crippen LogP contribution in [0.4, 0.5) is 0 Å². The number of nitrogens with zero attached hydrogens (tertiary/aromatic N) is 2. The van der Waals surface area contributed by atoms with Crippen molar-refractivity contribution in [2.45, 2.75) is 5.92 Å². The first-order valence-electron chi connectivity index (χ1n) is 3.93. The summed E-state index contributed by atoms with van der Waals surface area (Å²) in [4.78, 5) is 4.17. The van der Waals surface area contributed by atoms with E-state index in [1.54, 1.807) is 0 Å². The molecule has 1 saturated carbocycles. The van der Waals surface area contributed by atoms with Crippen LogP contribution in [-0.2, 0) is 4.74 Å². The van der Waals surface area contributed by atoms with Crippen molar-refractivity contribution in [2.24, 2.45) is 11.8 Å². The Labute approximate surface area is 78.9 Å². The summed E-state index contributed by atoms with van der Waals surface area (Å²) in [6.07, 6.45) is 0. The monoisotopic (exact) mass is 202 g/mol. The van der Waals surface area contributed by atoms with E-state index in [1.165, 1.54) is 11.5 Å². The van der Waals surface area contributed by atoms with E-state index in [-0.39, 0.29) is 0 Å². The van der Waals surface area contributed by atoms with Crippen molar-refractivity contribution in [1.29, 1.82) is 0 Å². The second kappa shape index (κ2) is 2.40. The van der Waals surface area contributed by atoms with Crippen molar-refractivity contribution in [2.75, 3.05) is 13.2 Å². The second-order valence-electron chi connectivity index (χ2n) is 3.29. The fraction of sp³-hybridized carbons (Fsp3) is 0.714. The molecule has 0 amide bonds. The van der Waals surface area contributed by atoms with Crippen LogP contribution in [0.3, 0.4) is 0 Å². The lowest BCUT2D eigenvalue weighted by Gasteiger charge is -1.97. The highest BCUT2D eigenvalue weighted by Crippen LogP contribution is 2.57. The van der Waals surface area contributed by atoms with Gasteiger partial charge in [0, 0.05) is 5.92 Å². The Balaban J connectivity index is 1.84. The van der Waals surface area contributed by atoms with Crippen molar-refractivity contribution in [3.63, 3.8) is 0 Å². The molecule has 0 N–H and O–H groups in total. The molecule has 3 rings (SSSR count). The number of hydrogen-bond donors (Lipinski definition) is 0. The van der Waals surface area contributed by atoms with Gasteiger partial charge in [0.25, 0.3) is 0 Å². The Bertz CT molecular complexity index is 306. The van der Waals surface area contributed by atoms with Crippen LogP contribution in [0.25, 0.3) is 0 Å². The Morgan fingerprint density at radius 3 is 2.75 bits per heavy atom. The molecule has 0 radical (unpaired) electrons. The van der Waals surface area contributed by atoms with E-state index in [2.05, 4.69) is 9.36 Å². The highest BCUT2D eigenvalue weighted by atomic mass is 35.5.